The largest absolute Gasteiger partial charge is 0.326 e. The minimum absolute atomic E-state index is 0.202. The molecule has 3 N–H and O–H groups in total. The normalized spacial score (nSPS) is 26.2. The number of nitrogens with one attached hydrogen (secondary N) is 1. The minimum Gasteiger partial charge on any atom is -0.326 e. The first kappa shape index (κ1) is 14.3. The fourth-order valence-electron chi connectivity index (χ4n) is 3.29. The van der Waals surface area contributed by atoms with Crippen LogP contribution in [0.5, 0.6) is 0 Å². The average Bonchev–Trinajstić information content (AvgIpc) is 2.71. The molecule has 1 aliphatic rings. The van der Waals surface area contributed by atoms with Crippen molar-refractivity contribution in [3.63, 3.8) is 0 Å². The summed E-state index contributed by atoms with van der Waals surface area (Å²) in [5.41, 5.74) is 9.11. The van der Waals surface area contributed by atoms with Crippen molar-refractivity contribution in [3.05, 3.63) is 71.8 Å². The Kier molecular flexibility index (Phi) is 4.69. The Bertz CT molecular complexity index is 538. The molecule has 2 nitrogen and oxygen atoms in total. The zero-order valence-corrected chi connectivity index (χ0v) is 12.4. The first-order valence-electron chi connectivity index (χ1n) is 7.93. The molecule has 2 aromatic carbocycles. The van der Waals surface area contributed by atoms with E-state index in [0.29, 0.717) is 6.04 Å². The fourth-order valence-corrected chi connectivity index (χ4v) is 3.29. The third-order valence-electron chi connectivity index (χ3n) is 4.42. The van der Waals surface area contributed by atoms with Gasteiger partial charge in [-0.3, -0.25) is 0 Å². The molecule has 0 aromatic heterocycles. The first-order chi connectivity index (χ1) is 10.3. The molecule has 2 heteroatoms. The van der Waals surface area contributed by atoms with E-state index in [4.69, 9.17) is 5.73 Å². The smallest absolute Gasteiger partial charge is 0.0475 e. The van der Waals surface area contributed by atoms with E-state index < -0.39 is 0 Å². The molecular formula is C19H24N2. The molecular weight excluding hydrogens is 256 g/mol. The fraction of sp³-hybridized carbons (Fsp3) is 0.368. The van der Waals surface area contributed by atoms with Crippen LogP contribution in [0.15, 0.2) is 60.7 Å². The van der Waals surface area contributed by atoms with Gasteiger partial charge in [0.25, 0.3) is 0 Å². The highest BCUT2D eigenvalue weighted by molar-refractivity contribution is 5.22. The lowest BCUT2D eigenvalue weighted by Gasteiger charge is -2.27. The van der Waals surface area contributed by atoms with E-state index in [9.17, 15) is 0 Å². The summed E-state index contributed by atoms with van der Waals surface area (Å²) in [7, 11) is 0. The summed E-state index contributed by atoms with van der Waals surface area (Å²) in [6, 6.07) is 22.3. The van der Waals surface area contributed by atoms with Gasteiger partial charge in [-0.05, 0) is 30.4 Å². The van der Waals surface area contributed by atoms with Crippen LogP contribution < -0.4 is 11.1 Å². The summed E-state index contributed by atoms with van der Waals surface area (Å²) >= 11 is 0. The van der Waals surface area contributed by atoms with Crippen LogP contribution in [0.2, 0.25) is 0 Å². The van der Waals surface area contributed by atoms with E-state index in [2.05, 4.69) is 66.0 Å². The number of benzene rings is 2. The number of rotatable bonds is 3. The van der Waals surface area contributed by atoms with Gasteiger partial charge < -0.3 is 11.1 Å². The van der Waals surface area contributed by atoms with Gasteiger partial charge >= 0.3 is 0 Å². The second-order valence-corrected chi connectivity index (χ2v) is 6.04. The zero-order valence-electron chi connectivity index (χ0n) is 12.4. The van der Waals surface area contributed by atoms with Gasteiger partial charge in [0.1, 0.15) is 0 Å². The van der Waals surface area contributed by atoms with Crippen molar-refractivity contribution in [2.45, 2.75) is 43.8 Å². The van der Waals surface area contributed by atoms with Gasteiger partial charge in [-0.2, -0.15) is 0 Å². The Morgan fingerprint density at radius 2 is 1.57 bits per heavy atom. The predicted molar refractivity (Wildman–Crippen MR) is 88.1 cm³/mol. The lowest BCUT2D eigenvalue weighted by atomic mass is 9.98. The number of hydrogen-bond donors (Lipinski definition) is 2. The van der Waals surface area contributed by atoms with Crippen molar-refractivity contribution in [2.75, 3.05) is 0 Å². The summed E-state index contributed by atoms with van der Waals surface area (Å²) in [5, 5.41) is 3.81. The van der Waals surface area contributed by atoms with Crippen molar-refractivity contribution in [1.29, 1.82) is 0 Å². The van der Waals surface area contributed by atoms with E-state index in [0.717, 1.165) is 12.8 Å². The van der Waals surface area contributed by atoms with E-state index >= 15 is 0 Å². The summed E-state index contributed by atoms with van der Waals surface area (Å²) in [4.78, 5) is 0. The summed E-state index contributed by atoms with van der Waals surface area (Å²) in [6.45, 7) is 0. The average molecular weight is 280 g/mol. The standard InChI is InChI=1S/C19H24N2/c20-18-13-7-12-17(14-15-8-3-1-4-9-15)21-19(18)16-10-5-2-6-11-16/h1-6,8-11,17-19,21H,7,12-14,20H2/t17-,18-,19+/m0/s1. The Morgan fingerprint density at radius 3 is 2.29 bits per heavy atom. The molecule has 21 heavy (non-hydrogen) atoms. The van der Waals surface area contributed by atoms with Crippen molar-refractivity contribution in [2.24, 2.45) is 5.73 Å². The van der Waals surface area contributed by atoms with Crippen LogP contribution in [0, 0.1) is 0 Å². The van der Waals surface area contributed by atoms with E-state index in [1.807, 2.05) is 0 Å². The van der Waals surface area contributed by atoms with Crippen LogP contribution in [0.4, 0.5) is 0 Å². The lowest BCUT2D eigenvalue weighted by molar-refractivity contribution is 0.407. The molecule has 0 aliphatic carbocycles. The topological polar surface area (TPSA) is 38.0 Å². The molecule has 0 bridgehead atoms. The molecule has 3 rings (SSSR count). The summed E-state index contributed by atoms with van der Waals surface area (Å²) in [6.07, 6.45) is 4.58. The Balaban J connectivity index is 1.74. The molecule has 1 aliphatic heterocycles. The molecule has 1 fully saturated rings. The van der Waals surface area contributed by atoms with Gasteiger partial charge in [-0.15, -0.1) is 0 Å². The van der Waals surface area contributed by atoms with Gasteiger partial charge in [-0.25, -0.2) is 0 Å². The van der Waals surface area contributed by atoms with Gasteiger partial charge in [0.15, 0.2) is 0 Å². The van der Waals surface area contributed by atoms with Crippen LogP contribution in [-0.2, 0) is 6.42 Å². The van der Waals surface area contributed by atoms with Crippen LogP contribution >= 0.6 is 0 Å². The van der Waals surface area contributed by atoms with Crippen LogP contribution in [0.1, 0.15) is 36.4 Å². The minimum atomic E-state index is 0.202. The third kappa shape index (κ3) is 3.72. The molecule has 1 heterocycles. The van der Waals surface area contributed by atoms with Crippen molar-refractivity contribution < 1.29 is 0 Å². The van der Waals surface area contributed by atoms with Crippen LogP contribution in [0.25, 0.3) is 0 Å². The van der Waals surface area contributed by atoms with Gasteiger partial charge in [0.2, 0.25) is 0 Å². The van der Waals surface area contributed by atoms with Gasteiger partial charge in [-0.1, -0.05) is 67.1 Å². The molecule has 0 spiro atoms. The van der Waals surface area contributed by atoms with Gasteiger partial charge in [0.05, 0.1) is 0 Å². The molecule has 0 amide bonds. The molecule has 110 valence electrons. The lowest BCUT2D eigenvalue weighted by Crippen LogP contribution is -2.41. The number of nitrogens with two attached hydrogens (primary N) is 1. The quantitative estimate of drug-likeness (QED) is 0.904. The monoisotopic (exact) mass is 280 g/mol. The zero-order chi connectivity index (χ0) is 14.5. The first-order valence-corrected chi connectivity index (χ1v) is 7.93. The van der Waals surface area contributed by atoms with Crippen LogP contribution in [-0.4, -0.2) is 12.1 Å². The second-order valence-electron chi connectivity index (χ2n) is 6.04. The van der Waals surface area contributed by atoms with Crippen molar-refractivity contribution in [3.8, 4) is 0 Å². The Hall–Kier alpha value is -1.64. The maximum atomic E-state index is 6.40. The van der Waals surface area contributed by atoms with E-state index in [-0.39, 0.29) is 12.1 Å². The molecule has 2 aromatic rings. The van der Waals surface area contributed by atoms with Gasteiger partial charge in [0, 0.05) is 18.1 Å². The number of hydrogen-bond acceptors (Lipinski definition) is 2. The molecule has 0 radical (unpaired) electrons. The van der Waals surface area contributed by atoms with Crippen molar-refractivity contribution in [1.82, 2.24) is 5.32 Å². The highest BCUT2D eigenvalue weighted by Crippen LogP contribution is 2.25. The maximum absolute atomic E-state index is 6.40. The highest BCUT2D eigenvalue weighted by atomic mass is 15.0. The second kappa shape index (κ2) is 6.88. The third-order valence-corrected chi connectivity index (χ3v) is 4.42. The summed E-state index contributed by atoms with van der Waals surface area (Å²) < 4.78 is 0. The predicted octanol–water partition coefficient (Wildman–Crippen LogP) is 3.44. The summed E-state index contributed by atoms with van der Waals surface area (Å²) in [5.74, 6) is 0. The molecule has 3 atom stereocenters. The highest BCUT2D eigenvalue weighted by Gasteiger charge is 2.26. The van der Waals surface area contributed by atoms with Crippen LogP contribution in [0.3, 0.4) is 0 Å². The molecule has 0 unspecified atom stereocenters. The maximum Gasteiger partial charge on any atom is 0.0475 e. The Labute approximate surface area is 127 Å². The molecule has 0 saturated carbocycles. The molecule has 1 saturated heterocycles. The SMILES string of the molecule is N[C@H]1CCC[C@@H](Cc2ccccc2)N[C@@H]1c1ccccc1. The van der Waals surface area contributed by atoms with Crippen molar-refractivity contribution >= 4 is 0 Å². The Morgan fingerprint density at radius 1 is 0.905 bits per heavy atom. The van der Waals surface area contributed by atoms with E-state index in [1.165, 1.54) is 24.0 Å². The van der Waals surface area contributed by atoms with E-state index in [1.54, 1.807) is 0 Å².